The van der Waals surface area contributed by atoms with Crippen molar-refractivity contribution >= 4 is 5.97 Å². The summed E-state index contributed by atoms with van der Waals surface area (Å²) in [5, 5.41) is 4.02. The highest BCUT2D eigenvalue weighted by Gasteiger charge is 2.28. The molecule has 1 saturated heterocycles. The molecule has 0 N–H and O–H groups in total. The molecule has 0 bridgehead atoms. The summed E-state index contributed by atoms with van der Waals surface area (Å²) >= 11 is 0. The van der Waals surface area contributed by atoms with Crippen LogP contribution >= 0.6 is 0 Å². The van der Waals surface area contributed by atoms with E-state index in [0.29, 0.717) is 24.8 Å². The maximum atomic E-state index is 11.6. The molecule has 112 valence electrons. The number of piperidine rings is 1. The molecule has 2 rings (SSSR count). The number of rotatable bonds is 3. The number of likely N-dealkylation sites (tertiary alicyclic amines) is 1. The van der Waals surface area contributed by atoms with E-state index in [1.54, 1.807) is 0 Å². The van der Waals surface area contributed by atoms with Gasteiger partial charge in [0.05, 0.1) is 19.6 Å². The van der Waals surface area contributed by atoms with Crippen LogP contribution in [0.3, 0.4) is 0 Å². The molecule has 20 heavy (non-hydrogen) atoms. The van der Waals surface area contributed by atoms with Gasteiger partial charge in [0.25, 0.3) is 0 Å². The Morgan fingerprint density at radius 2 is 2.25 bits per heavy atom. The molecule has 1 aromatic heterocycles. The minimum Gasteiger partial charge on any atom is -0.469 e. The first-order chi connectivity index (χ1) is 9.40. The highest BCUT2D eigenvalue weighted by molar-refractivity contribution is 5.72. The molecule has 0 radical (unpaired) electrons. The van der Waals surface area contributed by atoms with Crippen LogP contribution in [-0.2, 0) is 21.5 Å². The first-order valence-electron chi connectivity index (χ1n) is 7.03. The fraction of sp³-hybridized carbons (Fsp3) is 0.786. The average Bonchev–Trinajstić information content (AvgIpc) is 2.86. The second-order valence-corrected chi connectivity index (χ2v) is 6.36. The van der Waals surface area contributed by atoms with Crippen molar-refractivity contribution in [1.29, 1.82) is 0 Å². The number of esters is 1. The van der Waals surface area contributed by atoms with Crippen LogP contribution in [-0.4, -0.2) is 41.2 Å². The Kier molecular flexibility index (Phi) is 4.42. The van der Waals surface area contributed by atoms with E-state index >= 15 is 0 Å². The molecule has 1 aliphatic rings. The van der Waals surface area contributed by atoms with Crippen LogP contribution in [0.15, 0.2) is 4.52 Å². The summed E-state index contributed by atoms with van der Waals surface area (Å²) in [4.78, 5) is 18.2. The molecule has 1 atom stereocenters. The zero-order valence-electron chi connectivity index (χ0n) is 12.7. The monoisotopic (exact) mass is 281 g/mol. The molecule has 1 aliphatic heterocycles. The third-order valence-electron chi connectivity index (χ3n) is 3.51. The quantitative estimate of drug-likeness (QED) is 0.786. The fourth-order valence-corrected chi connectivity index (χ4v) is 2.38. The lowest BCUT2D eigenvalue weighted by Crippen LogP contribution is -2.38. The number of carbonyl (C=O) groups is 1. The Morgan fingerprint density at radius 1 is 1.50 bits per heavy atom. The maximum absolute atomic E-state index is 11.6. The molecule has 0 aliphatic carbocycles. The molecule has 0 saturated carbocycles. The van der Waals surface area contributed by atoms with Gasteiger partial charge in [-0.2, -0.15) is 4.98 Å². The lowest BCUT2D eigenvalue weighted by Gasteiger charge is -2.30. The molecule has 0 spiro atoms. The van der Waals surface area contributed by atoms with Crippen molar-refractivity contribution in [2.45, 2.75) is 45.6 Å². The van der Waals surface area contributed by atoms with Crippen molar-refractivity contribution in [3.8, 4) is 0 Å². The van der Waals surface area contributed by atoms with Gasteiger partial charge < -0.3 is 9.26 Å². The van der Waals surface area contributed by atoms with Gasteiger partial charge in [-0.3, -0.25) is 9.69 Å². The number of hydrogen-bond acceptors (Lipinski definition) is 6. The molecule has 1 aromatic rings. The van der Waals surface area contributed by atoms with E-state index < -0.39 is 0 Å². The van der Waals surface area contributed by atoms with E-state index in [1.165, 1.54) is 7.11 Å². The van der Waals surface area contributed by atoms with Crippen LogP contribution in [0.5, 0.6) is 0 Å². The van der Waals surface area contributed by atoms with Gasteiger partial charge in [-0.05, 0) is 19.4 Å². The minimum atomic E-state index is -0.137. The Hall–Kier alpha value is -1.43. The van der Waals surface area contributed by atoms with Gasteiger partial charge in [0.2, 0.25) is 5.89 Å². The Morgan fingerprint density at radius 3 is 2.85 bits per heavy atom. The topological polar surface area (TPSA) is 68.5 Å². The van der Waals surface area contributed by atoms with Crippen LogP contribution in [0.4, 0.5) is 0 Å². The molecule has 2 heterocycles. The summed E-state index contributed by atoms with van der Waals surface area (Å²) in [5.74, 6) is 1.16. The fourth-order valence-electron chi connectivity index (χ4n) is 2.38. The van der Waals surface area contributed by atoms with Gasteiger partial charge in [0.15, 0.2) is 5.82 Å². The predicted molar refractivity (Wildman–Crippen MR) is 73.0 cm³/mol. The average molecular weight is 281 g/mol. The smallest absolute Gasteiger partial charge is 0.309 e. The van der Waals surface area contributed by atoms with E-state index in [2.05, 4.69) is 15.0 Å². The number of carbonyl (C=O) groups excluding carboxylic acids is 1. The van der Waals surface area contributed by atoms with E-state index in [1.807, 2.05) is 20.8 Å². The Labute approximate surface area is 119 Å². The van der Waals surface area contributed by atoms with E-state index in [0.717, 1.165) is 19.4 Å². The molecule has 1 unspecified atom stereocenters. The first-order valence-corrected chi connectivity index (χ1v) is 7.03. The minimum absolute atomic E-state index is 0.0391. The molecule has 6 nitrogen and oxygen atoms in total. The number of aromatic nitrogens is 2. The first kappa shape index (κ1) is 15.0. The van der Waals surface area contributed by atoms with Crippen molar-refractivity contribution in [3.63, 3.8) is 0 Å². The van der Waals surface area contributed by atoms with Crippen molar-refractivity contribution in [1.82, 2.24) is 15.0 Å². The van der Waals surface area contributed by atoms with Crippen molar-refractivity contribution in [2.75, 3.05) is 20.2 Å². The zero-order valence-corrected chi connectivity index (χ0v) is 12.7. The van der Waals surface area contributed by atoms with Gasteiger partial charge in [0.1, 0.15) is 0 Å². The zero-order chi connectivity index (χ0) is 14.8. The summed E-state index contributed by atoms with van der Waals surface area (Å²) in [7, 11) is 1.44. The second kappa shape index (κ2) is 5.91. The lowest BCUT2D eigenvalue weighted by molar-refractivity contribution is -0.147. The number of nitrogens with zero attached hydrogens (tertiary/aromatic N) is 3. The van der Waals surface area contributed by atoms with Crippen molar-refractivity contribution in [2.24, 2.45) is 5.92 Å². The maximum Gasteiger partial charge on any atom is 0.309 e. The SMILES string of the molecule is COC(=O)C1CCCN(Cc2noc(C(C)(C)C)n2)C1. The van der Waals surface area contributed by atoms with Gasteiger partial charge in [-0.15, -0.1) is 0 Å². The highest BCUT2D eigenvalue weighted by atomic mass is 16.5. The predicted octanol–water partition coefficient (Wildman–Crippen LogP) is 1.75. The highest BCUT2D eigenvalue weighted by Crippen LogP contribution is 2.22. The summed E-state index contributed by atoms with van der Waals surface area (Å²) in [6.07, 6.45) is 1.88. The van der Waals surface area contributed by atoms with E-state index in [-0.39, 0.29) is 17.3 Å². The normalized spacial score (nSPS) is 20.9. The van der Waals surface area contributed by atoms with Gasteiger partial charge in [-0.25, -0.2) is 0 Å². The van der Waals surface area contributed by atoms with Gasteiger partial charge in [0, 0.05) is 12.0 Å². The summed E-state index contributed by atoms with van der Waals surface area (Å²) < 4.78 is 10.1. The van der Waals surface area contributed by atoms with Gasteiger partial charge >= 0.3 is 5.97 Å². The molecule has 1 fully saturated rings. The van der Waals surface area contributed by atoms with Crippen LogP contribution in [0.2, 0.25) is 0 Å². The Bertz CT molecular complexity index is 464. The third-order valence-corrected chi connectivity index (χ3v) is 3.51. The van der Waals surface area contributed by atoms with E-state index in [9.17, 15) is 4.79 Å². The number of ether oxygens (including phenoxy) is 1. The van der Waals surface area contributed by atoms with Crippen LogP contribution in [0.1, 0.15) is 45.3 Å². The summed E-state index contributed by atoms with van der Waals surface area (Å²) in [6.45, 7) is 8.39. The lowest BCUT2D eigenvalue weighted by atomic mass is 9.97. The summed E-state index contributed by atoms with van der Waals surface area (Å²) in [6, 6.07) is 0. The van der Waals surface area contributed by atoms with Crippen LogP contribution in [0.25, 0.3) is 0 Å². The Balaban J connectivity index is 1.96. The molecular weight excluding hydrogens is 258 g/mol. The largest absolute Gasteiger partial charge is 0.469 e. The molecule has 0 aromatic carbocycles. The number of methoxy groups -OCH3 is 1. The molecular formula is C14H23N3O3. The van der Waals surface area contributed by atoms with Crippen LogP contribution < -0.4 is 0 Å². The standard InChI is InChI=1S/C14H23N3O3/c1-14(2,3)13-15-11(16-20-13)9-17-7-5-6-10(8-17)12(18)19-4/h10H,5-9H2,1-4H3. The molecule has 0 amide bonds. The number of hydrogen-bond donors (Lipinski definition) is 0. The molecule has 6 heteroatoms. The van der Waals surface area contributed by atoms with Crippen molar-refractivity contribution < 1.29 is 14.1 Å². The van der Waals surface area contributed by atoms with Crippen molar-refractivity contribution in [3.05, 3.63) is 11.7 Å². The van der Waals surface area contributed by atoms with E-state index in [4.69, 9.17) is 9.26 Å². The third kappa shape index (κ3) is 3.56. The van der Waals surface area contributed by atoms with Gasteiger partial charge in [-0.1, -0.05) is 25.9 Å². The van der Waals surface area contributed by atoms with Crippen LogP contribution in [0, 0.1) is 5.92 Å². The second-order valence-electron chi connectivity index (χ2n) is 6.36. The summed E-state index contributed by atoms with van der Waals surface area (Å²) in [5.41, 5.74) is -0.137.